The van der Waals surface area contributed by atoms with E-state index in [1.807, 2.05) is 24.3 Å². The maximum Gasteiger partial charge on any atom is 0.161 e. The van der Waals surface area contributed by atoms with Crippen LogP contribution in [0.25, 0.3) is 6.08 Å². The molecule has 21 heavy (non-hydrogen) atoms. The van der Waals surface area contributed by atoms with Crippen molar-refractivity contribution in [3.8, 4) is 11.5 Å². The molecule has 2 N–H and O–H groups in total. The van der Waals surface area contributed by atoms with Crippen molar-refractivity contribution in [2.75, 3.05) is 7.11 Å². The molecule has 1 unspecified atom stereocenters. The Bertz CT molecular complexity index is 591. The molecule has 0 aliphatic carbocycles. The lowest BCUT2D eigenvalue weighted by molar-refractivity contribution is 0.214. The molecule has 0 saturated carbocycles. The van der Waals surface area contributed by atoms with E-state index in [-0.39, 0.29) is 5.75 Å². The topological polar surface area (TPSA) is 49.7 Å². The van der Waals surface area contributed by atoms with Crippen LogP contribution in [-0.2, 0) is 6.42 Å². The van der Waals surface area contributed by atoms with Crippen LogP contribution in [0.4, 0.5) is 0 Å². The molecular weight excluding hydrogens is 264 g/mol. The van der Waals surface area contributed by atoms with Gasteiger partial charge in [0.25, 0.3) is 0 Å². The smallest absolute Gasteiger partial charge is 0.161 e. The molecule has 2 aromatic carbocycles. The zero-order valence-corrected chi connectivity index (χ0v) is 12.1. The van der Waals surface area contributed by atoms with E-state index in [4.69, 9.17) is 4.74 Å². The average Bonchev–Trinajstić information content (AvgIpc) is 2.53. The summed E-state index contributed by atoms with van der Waals surface area (Å²) in [6, 6.07) is 15.2. The van der Waals surface area contributed by atoms with Gasteiger partial charge >= 0.3 is 0 Å². The molecule has 0 heterocycles. The highest BCUT2D eigenvalue weighted by Crippen LogP contribution is 2.26. The Morgan fingerprint density at radius 1 is 1.14 bits per heavy atom. The number of aryl methyl sites for hydroxylation is 1. The van der Waals surface area contributed by atoms with E-state index < -0.39 is 6.10 Å². The predicted molar refractivity (Wildman–Crippen MR) is 84.5 cm³/mol. The van der Waals surface area contributed by atoms with Crippen LogP contribution in [0.15, 0.2) is 54.6 Å². The summed E-state index contributed by atoms with van der Waals surface area (Å²) in [5.41, 5.74) is 2.10. The molecule has 0 fully saturated rings. The highest BCUT2D eigenvalue weighted by Gasteiger charge is 2.03. The Morgan fingerprint density at radius 3 is 2.62 bits per heavy atom. The third-order valence-corrected chi connectivity index (χ3v) is 3.29. The molecule has 3 nitrogen and oxygen atoms in total. The lowest BCUT2D eigenvalue weighted by Crippen LogP contribution is -2.03. The van der Waals surface area contributed by atoms with Gasteiger partial charge in [0.15, 0.2) is 11.5 Å². The fourth-order valence-corrected chi connectivity index (χ4v) is 2.08. The van der Waals surface area contributed by atoms with Gasteiger partial charge in [0, 0.05) is 0 Å². The second kappa shape index (κ2) is 7.50. The lowest BCUT2D eigenvalue weighted by atomic mass is 10.1. The number of rotatable bonds is 6. The number of aliphatic hydroxyl groups excluding tert-OH is 1. The van der Waals surface area contributed by atoms with Crippen molar-refractivity contribution in [3.05, 3.63) is 65.7 Å². The Kier molecular flexibility index (Phi) is 5.41. The number of methoxy groups -OCH3 is 1. The summed E-state index contributed by atoms with van der Waals surface area (Å²) < 4.78 is 5.05. The number of hydrogen-bond acceptors (Lipinski definition) is 3. The zero-order valence-electron chi connectivity index (χ0n) is 12.1. The van der Waals surface area contributed by atoms with Crippen molar-refractivity contribution >= 4 is 6.08 Å². The molecule has 3 heteroatoms. The van der Waals surface area contributed by atoms with Gasteiger partial charge < -0.3 is 14.9 Å². The number of benzene rings is 2. The molecule has 0 saturated heterocycles. The summed E-state index contributed by atoms with van der Waals surface area (Å²) >= 11 is 0. The van der Waals surface area contributed by atoms with Crippen LogP contribution >= 0.6 is 0 Å². The van der Waals surface area contributed by atoms with Crippen molar-refractivity contribution in [2.45, 2.75) is 18.9 Å². The third kappa shape index (κ3) is 4.65. The first kappa shape index (κ1) is 15.1. The first-order valence-electron chi connectivity index (χ1n) is 6.96. The van der Waals surface area contributed by atoms with Gasteiger partial charge in [-0.2, -0.15) is 0 Å². The van der Waals surface area contributed by atoms with Gasteiger partial charge in [-0.1, -0.05) is 48.6 Å². The molecule has 0 radical (unpaired) electrons. The molecular formula is C18H20O3. The van der Waals surface area contributed by atoms with Crippen molar-refractivity contribution < 1.29 is 14.9 Å². The first-order chi connectivity index (χ1) is 10.2. The fraction of sp³-hybridized carbons (Fsp3) is 0.222. The first-order valence-corrected chi connectivity index (χ1v) is 6.96. The van der Waals surface area contributed by atoms with Gasteiger partial charge in [-0.05, 0) is 36.1 Å². The summed E-state index contributed by atoms with van der Waals surface area (Å²) in [4.78, 5) is 0. The number of phenols is 1. The third-order valence-electron chi connectivity index (χ3n) is 3.29. The second-order valence-electron chi connectivity index (χ2n) is 4.88. The van der Waals surface area contributed by atoms with E-state index >= 15 is 0 Å². The summed E-state index contributed by atoms with van der Waals surface area (Å²) in [5.74, 6) is 0.537. The zero-order chi connectivity index (χ0) is 15.1. The minimum absolute atomic E-state index is 0.110. The highest BCUT2D eigenvalue weighted by atomic mass is 16.5. The van der Waals surface area contributed by atoms with Crippen LogP contribution in [0.3, 0.4) is 0 Å². The summed E-state index contributed by atoms with van der Waals surface area (Å²) in [6.45, 7) is 0. The van der Waals surface area contributed by atoms with Crippen LogP contribution in [0.5, 0.6) is 11.5 Å². The Balaban J connectivity index is 1.91. The Morgan fingerprint density at radius 2 is 1.90 bits per heavy atom. The van der Waals surface area contributed by atoms with Gasteiger partial charge in [-0.15, -0.1) is 0 Å². The second-order valence-corrected chi connectivity index (χ2v) is 4.88. The van der Waals surface area contributed by atoms with E-state index in [1.165, 1.54) is 12.7 Å². The van der Waals surface area contributed by atoms with Crippen LogP contribution in [0.1, 0.15) is 17.5 Å². The number of phenolic OH excluding ortho intramolecular Hbond substituents is 1. The predicted octanol–water partition coefficient (Wildman–Crippen LogP) is 3.41. The molecule has 1 atom stereocenters. The van der Waals surface area contributed by atoms with Crippen molar-refractivity contribution in [1.82, 2.24) is 0 Å². The lowest BCUT2D eigenvalue weighted by Gasteiger charge is -2.06. The van der Waals surface area contributed by atoms with E-state index in [2.05, 4.69) is 12.1 Å². The molecule has 0 aliphatic heterocycles. The van der Waals surface area contributed by atoms with Crippen LogP contribution < -0.4 is 4.74 Å². The molecule has 2 aromatic rings. The summed E-state index contributed by atoms with van der Waals surface area (Å²) in [6.07, 6.45) is 4.61. The Labute approximate surface area is 125 Å². The quantitative estimate of drug-likeness (QED) is 0.854. The number of aliphatic hydroxyl groups is 1. The van der Waals surface area contributed by atoms with Crippen molar-refractivity contribution in [1.29, 1.82) is 0 Å². The van der Waals surface area contributed by atoms with Gasteiger partial charge in [-0.3, -0.25) is 0 Å². The number of aromatic hydroxyl groups is 1. The van der Waals surface area contributed by atoms with E-state index in [1.54, 1.807) is 24.3 Å². The average molecular weight is 284 g/mol. The largest absolute Gasteiger partial charge is 0.504 e. The van der Waals surface area contributed by atoms with E-state index in [0.717, 1.165) is 12.0 Å². The molecule has 0 amide bonds. The summed E-state index contributed by atoms with van der Waals surface area (Å²) in [5, 5.41) is 19.5. The van der Waals surface area contributed by atoms with Crippen LogP contribution in [0.2, 0.25) is 0 Å². The van der Waals surface area contributed by atoms with Gasteiger partial charge in [-0.25, -0.2) is 0 Å². The number of ether oxygens (including phenoxy) is 1. The molecule has 2 rings (SSSR count). The van der Waals surface area contributed by atoms with Crippen LogP contribution in [0, 0.1) is 0 Å². The monoisotopic (exact) mass is 284 g/mol. The van der Waals surface area contributed by atoms with Gasteiger partial charge in [0.1, 0.15) is 0 Å². The fourth-order valence-electron chi connectivity index (χ4n) is 2.08. The maximum absolute atomic E-state index is 9.99. The van der Waals surface area contributed by atoms with E-state index in [0.29, 0.717) is 12.2 Å². The summed E-state index contributed by atoms with van der Waals surface area (Å²) in [7, 11) is 1.51. The SMILES string of the molecule is COc1cc(/C=C/C(O)CCc2ccccc2)ccc1O. The van der Waals surface area contributed by atoms with Crippen LogP contribution in [-0.4, -0.2) is 23.4 Å². The standard InChI is InChI=1S/C18H20O3/c1-21-18-13-15(9-12-17(18)20)8-11-16(19)10-7-14-5-3-2-4-6-14/h2-6,8-9,11-13,16,19-20H,7,10H2,1H3/b11-8+. The minimum atomic E-state index is -0.495. The molecule has 110 valence electrons. The van der Waals surface area contributed by atoms with Gasteiger partial charge in [0.05, 0.1) is 13.2 Å². The molecule has 0 aliphatic rings. The van der Waals surface area contributed by atoms with Crippen molar-refractivity contribution in [3.63, 3.8) is 0 Å². The Hall–Kier alpha value is -2.26. The van der Waals surface area contributed by atoms with Gasteiger partial charge in [0.2, 0.25) is 0 Å². The molecule has 0 bridgehead atoms. The maximum atomic E-state index is 9.99. The minimum Gasteiger partial charge on any atom is -0.504 e. The highest BCUT2D eigenvalue weighted by molar-refractivity contribution is 5.55. The normalized spacial score (nSPS) is 12.5. The molecule has 0 spiro atoms. The van der Waals surface area contributed by atoms with Crippen molar-refractivity contribution in [2.24, 2.45) is 0 Å². The van der Waals surface area contributed by atoms with E-state index in [9.17, 15) is 10.2 Å². The number of hydrogen-bond donors (Lipinski definition) is 2. The molecule has 0 aromatic heterocycles.